The van der Waals surface area contributed by atoms with Gasteiger partial charge in [0, 0.05) is 22.5 Å². The van der Waals surface area contributed by atoms with Gasteiger partial charge < -0.3 is 19.7 Å². The van der Waals surface area contributed by atoms with Crippen LogP contribution in [-0.2, 0) is 28.6 Å². The summed E-state index contributed by atoms with van der Waals surface area (Å²) in [5.74, 6) is 1.95. The van der Waals surface area contributed by atoms with E-state index in [0.29, 0.717) is 19.0 Å². The Labute approximate surface area is 148 Å². The van der Waals surface area contributed by atoms with E-state index in [0.717, 1.165) is 55.4 Å². The van der Waals surface area contributed by atoms with Gasteiger partial charge in [0.15, 0.2) is 11.5 Å². The second kappa shape index (κ2) is 4.94. The molecule has 4 aliphatic rings. The monoisotopic (exact) mass is 342 g/mol. The van der Waals surface area contributed by atoms with Gasteiger partial charge in [0.1, 0.15) is 5.60 Å². The highest BCUT2D eigenvalue weighted by molar-refractivity contribution is 5.75. The molecule has 1 spiro atoms. The minimum Gasteiger partial charge on any atom is -0.504 e. The SMILES string of the molecule is CCOC1=C[C@@]2(O)c3c(OCC)c(O)c4c(c3[C@]23CCC[C@H]13)CCC4. The molecule has 0 heterocycles. The first kappa shape index (κ1) is 15.6. The number of benzene rings is 1. The van der Waals surface area contributed by atoms with E-state index in [1.54, 1.807) is 0 Å². The number of ether oxygens (including phenoxy) is 2. The van der Waals surface area contributed by atoms with Gasteiger partial charge in [-0.25, -0.2) is 0 Å². The van der Waals surface area contributed by atoms with E-state index >= 15 is 0 Å². The summed E-state index contributed by atoms with van der Waals surface area (Å²) < 4.78 is 11.8. The largest absolute Gasteiger partial charge is 0.504 e. The number of aromatic hydroxyl groups is 1. The molecule has 1 aromatic carbocycles. The fourth-order valence-electron chi connectivity index (χ4n) is 6.26. The van der Waals surface area contributed by atoms with Crippen molar-refractivity contribution in [2.75, 3.05) is 13.2 Å². The van der Waals surface area contributed by atoms with Crippen LogP contribution in [0.15, 0.2) is 11.8 Å². The van der Waals surface area contributed by atoms with E-state index < -0.39 is 5.60 Å². The predicted molar refractivity (Wildman–Crippen MR) is 93.9 cm³/mol. The molecule has 4 nitrogen and oxygen atoms in total. The average Bonchev–Trinajstić information content (AvgIpc) is 3.27. The smallest absolute Gasteiger partial charge is 0.167 e. The fraction of sp³-hybridized carbons (Fsp3) is 0.619. The van der Waals surface area contributed by atoms with E-state index in [4.69, 9.17) is 9.47 Å². The molecular weight excluding hydrogens is 316 g/mol. The second-order valence-electron chi connectivity index (χ2n) is 7.83. The number of allylic oxidation sites excluding steroid dienone is 1. The summed E-state index contributed by atoms with van der Waals surface area (Å²) in [6.45, 7) is 5.01. The number of fused-ring (bicyclic) bond motifs is 4. The molecule has 1 aromatic rings. The summed E-state index contributed by atoms with van der Waals surface area (Å²) in [5.41, 5.74) is 3.09. The summed E-state index contributed by atoms with van der Waals surface area (Å²) in [6, 6.07) is 0. The highest BCUT2D eigenvalue weighted by Gasteiger charge is 2.73. The third kappa shape index (κ3) is 1.54. The molecule has 0 saturated heterocycles. The quantitative estimate of drug-likeness (QED) is 0.880. The maximum atomic E-state index is 11.8. The van der Waals surface area contributed by atoms with Gasteiger partial charge in [-0.2, -0.15) is 0 Å². The van der Waals surface area contributed by atoms with Crippen LogP contribution in [0.5, 0.6) is 11.5 Å². The lowest BCUT2D eigenvalue weighted by Crippen LogP contribution is -2.57. The summed E-state index contributed by atoms with van der Waals surface area (Å²) in [4.78, 5) is 0. The maximum Gasteiger partial charge on any atom is 0.167 e. The first-order valence-electron chi connectivity index (χ1n) is 9.72. The van der Waals surface area contributed by atoms with Crippen LogP contribution in [-0.4, -0.2) is 23.4 Å². The van der Waals surface area contributed by atoms with Gasteiger partial charge in [-0.1, -0.05) is 6.42 Å². The van der Waals surface area contributed by atoms with E-state index in [1.807, 2.05) is 19.9 Å². The molecule has 0 unspecified atom stereocenters. The Morgan fingerprint density at radius 3 is 2.60 bits per heavy atom. The Hall–Kier alpha value is -1.68. The summed E-state index contributed by atoms with van der Waals surface area (Å²) in [5, 5.41) is 22.6. The van der Waals surface area contributed by atoms with Gasteiger partial charge in [0.2, 0.25) is 0 Å². The second-order valence-corrected chi connectivity index (χ2v) is 7.83. The first-order chi connectivity index (χ1) is 12.1. The van der Waals surface area contributed by atoms with Gasteiger partial charge in [0.05, 0.1) is 19.0 Å². The van der Waals surface area contributed by atoms with Gasteiger partial charge in [0.25, 0.3) is 0 Å². The Kier molecular flexibility index (Phi) is 3.08. The molecule has 0 radical (unpaired) electrons. The van der Waals surface area contributed by atoms with E-state index in [2.05, 4.69) is 0 Å². The molecule has 134 valence electrons. The third-order valence-corrected chi connectivity index (χ3v) is 6.96. The van der Waals surface area contributed by atoms with Gasteiger partial charge in [-0.15, -0.1) is 0 Å². The average molecular weight is 342 g/mol. The van der Waals surface area contributed by atoms with E-state index in [9.17, 15) is 10.2 Å². The van der Waals surface area contributed by atoms with Crippen molar-refractivity contribution in [1.29, 1.82) is 0 Å². The minimum atomic E-state index is -1.06. The van der Waals surface area contributed by atoms with Crippen LogP contribution >= 0.6 is 0 Å². The highest BCUT2D eigenvalue weighted by Crippen LogP contribution is 2.74. The summed E-state index contributed by atoms with van der Waals surface area (Å²) in [7, 11) is 0. The fourth-order valence-corrected chi connectivity index (χ4v) is 6.26. The Morgan fingerprint density at radius 2 is 1.84 bits per heavy atom. The van der Waals surface area contributed by atoms with Crippen LogP contribution < -0.4 is 4.74 Å². The van der Waals surface area contributed by atoms with Crippen molar-refractivity contribution < 1.29 is 19.7 Å². The molecule has 5 rings (SSSR count). The van der Waals surface area contributed by atoms with Crippen LogP contribution in [0.3, 0.4) is 0 Å². The molecular formula is C21H26O4. The zero-order valence-electron chi connectivity index (χ0n) is 15.0. The molecule has 0 bridgehead atoms. The molecule has 3 atom stereocenters. The van der Waals surface area contributed by atoms with Crippen molar-refractivity contribution >= 4 is 0 Å². The molecule has 1 fully saturated rings. The van der Waals surface area contributed by atoms with Gasteiger partial charge in [-0.05, 0) is 63.2 Å². The van der Waals surface area contributed by atoms with Crippen molar-refractivity contribution in [2.45, 2.75) is 63.4 Å². The number of phenolic OH excluding ortho intramolecular Hbond substituents is 1. The predicted octanol–water partition coefficient (Wildman–Crippen LogP) is 3.45. The first-order valence-corrected chi connectivity index (χ1v) is 9.72. The molecule has 0 amide bonds. The Morgan fingerprint density at radius 1 is 1.08 bits per heavy atom. The van der Waals surface area contributed by atoms with E-state index in [-0.39, 0.29) is 17.1 Å². The zero-order chi connectivity index (χ0) is 17.4. The number of hydrogen-bond donors (Lipinski definition) is 2. The van der Waals surface area contributed by atoms with Crippen LogP contribution in [0.1, 0.15) is 61.8 Å². The maximum absolute atomic E-state index is 11.8. The summed E-state index contributed by atoms with van der Waals surface area (Å²) in [6.07, 6.45) is 8.04. The third-order valence-electron chi connectivity index (χ3n) is 6.96. The minimum absolute atomic E-state index is 0.254. The molecule has 0 aliphatic heterocycles. The van der Waals surface area contributed by atoms with Crippen molar-refractivity contribution in [3.63, 3.8) is 0 Å². The number of phenols is 1. The van der Waals surface area contributed by atoms with Crippen molar-refractivity contribution in [3.8, 4) is 11.5 Å². The molecule has 4 heteroatoms. The lowest BCUT2D eigenvalue weighted by molar-refractivity contribution is -0.0400. The highest BCUT2D eigenvalue weighted by atomic mass is 16.5. The molecule has 4 aliphatic carbocycles. The van der Waals surface area contributed by atoms with Crippen molar-refractivity contribution in [1.82, 2.24) is 0 Å². The molecule has 25 heavy (non-hydrogen) atoms. The van der Waals surface area contributed by atoms with Crippen LogP contribution in [0.25, 0.3) is 0 Å². The molecule has 0 aromatic heterocycles. The van der Waals surface area contributed by atoms with Crippen LogP contribution in [0.2, 0.25) is 0 Å². The van der Waals surface area contributed by atoms with Gasteiger partial charge >= 0.3 is 0 Å². The Bertz CT molecular complexity index is 796. The van der Waals surface area contributed by atoms with Crippen molar-refractivity contribution in [3.05, 3.63) is 34.1 Å². The van der Waals surface area contributed by atoms with E-state index in [1.165, 1.54) is 11.1 Å². The van der Waals surface area contributed by atoms with Crippen LogP contribution in [0, 0.1) is 5.92 Å². The van der Waals surface area contributed by atoms with Crippen molar-refractivity contribution in [2.24, 2.45) is 5.92 Å². The Balaban J connectivity index is 1.80. The van der Waals surface area contributed by atoms with Crippen LogP contribution in [0.4, 0.5) is 0 Å². The van der Waals surface area contributed by atoms with Gasteiger partial charge in [-0.3, -0.25) is 0 Å². The lowest BCUT2D eigenvalue weighted by atomic mass is 9.50. The standard InChI is InChI=1S/C21H26O4/c1-3-24-15-11-21(23)17-16(20(21)10-6-9-14(15)20)12-7-5-8-13(12)18(22)19(17)25-4-2/h11,14,22-23H,3-10H2,1-2H3/t14-,20-,21-/m1/s1. The lowest BCUT2D eigenvalue weighted by Gasteiger charge is -2.55. The number of hydrogen-bond acceptors (Lipinski definition) is 4. The topological polar surface area (TPSA) is 58.9 Å². The molecule has 1 saturated carbocycles. The number of aliphatic hydroxyl groups is 1. The number of rotatable bonds is 4. The molecule has 2 N–H and O–H groups in total. The summed E-state index contributed by atoms with van der Waals surface area (Å²) >= 11 is 0. The normalized spacial score (nSPS) is 33.9. The zero-order valence-corrected chi connectivity index (χ0v) is 15.0.